The second-order valence-electron chi connectivity index (χ2n) is 26.7. The molecule has 0 fully saturated rings. The predicted octanol–water partition coefficient (Wildman–Crippen LogP) is 21.8. The normalized spacial score (nSPS) is 13.9. The zero-order valence-corrected chi connectivity index (χ0v) is 62.0. The smallest absolute Gasteiger partial charge is 0.462 e. The molecule has 2 unspecified atom stereocenters. The molecular weight excluding hydrogens is 1220 g/mol. The molecule has 5 atom stereocenters. The first-order chi connectivity index (χ1) is 45.2. The second-order valence-corrected chi connectivity index (χ2v) is 29.6. The van der Waals surface area contributed by atoms with Crippen LogP contribution in [0.1, 0.15) is 394 Å². The molecule has 0 amide bonds. The summed E-state index contributed by atoms with van der Waals surface area (Å²) in [6.45, 7) is 4.88. The molecule has 0 spiro atoms. The number of carbonyl (C=O) groups is 4. The standard InChI is InChI=1S/C74H144O17P2/c1-5-9-13-17-20-23-26-28-30-32-33-34-35-36-38-40-43-46-49-53-57-61-74(79)91-70(65-85-72(77)59-55-51-47-44-42-39-37-31-29-27-24-21-18-14-10-6-2)67-89-93(82,83)87-63-68(75)62-86-92(80,81)88-66-69(64-84-71(76)58-54-50-16-12-8-4)90-73(78)60-56-52-48-45-41-25-22-19-15-11-7-3/h68-70,75H,5-67H2,1-4H3,(H,80,81)(H,82,83)/t68-,69+,70+/m0/s1. The number of phosphoric ester groups is 2. The van der Waals surface area contributed by atoms with E-state index < -0.39 is 97.5 Å². The Morgan fingerprint density at radius 2 is 0.430 bits per heavy atom. The Morgan fingerprint density at radius 1 is 0.258 bits per heavy atom. The third kappa shape index (κ3) is 68.4. The summed E-state index contributed by atoms with van der Waals surface area (Å²) >= 11 is 0. The Kier molecular flexibility index (Phi) is 67.1. The molecule has 0 radical (unpaired) electrons. The van der Waals surface area contributed by atoms with Gasteiger partial charge in [0.05, 0.1) is 26.4 Å². The number of hydrogen-bond donors (Lipinski definition) is 3. The molecule has 17 nitrogen and oxygen atoms in total. The van der Waals surface area contributed by atoms with E-state index in [0.29, 0.717) is 25.7 Å². The van der Waals surface area contributed by atoms with Crippen molar-refractivity contribution in [1.82, 2.24) is 0 Å². The third-order valence-electron chi connectivity index (χ3n) is 17.4. The molecular formula is C74H144O17P2. The van der Waals surface area contributed by atoms with E-state index in [4.69, 9.17) is 37.0 Å². The molecule has 93 heavy (non-hydrogen) atoms. The Hall–Kier alpha value is -1.94. The summed E-state index contributed by atoms with van der Waals surface area (Å²) in [6.07, 6.45) is 58.8. The van der Waals surface area contributed by atoms with Crippen molar-refractivity contribution in [2.24, 2.45) is 0 Å². The highest BCUT2D eigenvalue weighted by molar-refractivity contribution is 7.47. The van der Waals surface area contributed by atoms with Gasteiger partial charge in [0.2, 0.25) is 0 Å². The van der Waals surface area contributed by atoms with Gasteiger partial charge in [0, 0.05) is 25.7 Å². The number of aliphatic hydroxyl groups excluding tert-OH is 1. The highest BCUT2D eigenvalue weighted by Gasteiger charge is 2.30. The van der Waals surface area contributed by atoms with Gasteiger partial charge in [-0.2, -0.15) is 0 Å². The molecule has 0 aliphatic rings. The minimum atomic E-state index is -4.95. The molecule has 0 heterocycles. The van der Waals surface area contributed by atoms with Gasteiger partial charge in [-0.15, -0.1) is 0 Å². The van der Waals surface area contributed by atoms with Crippen LogP contribution in [0.25, 0.3) is 0 Å². The Bertz CT molecular complexity index is 1770. The van der Waals surface area contributed by atoms with Crippen molar-refractivity contribution in [1.29, 1.82) is 0 Å². The molecule has 19 heteroatoms. The minimum Gasteiger partial charge on any atom is -0.462 e. The van der Waals surface area contributed by atoms with E-state index in [2.05, 4.69) is 27.7 Å². The Labute approximate surface area is 568 Å². The molecule has 0 rings (SSSR count). The number of aliphatic hydroxyl groups is 1. The summed E-state index contributed by atoms with van der Waals surface area (Å²) in [7, 11) is -9.89. The topological polar surface area (TPSA) is 237 Å². The van der Waals surface area contributed by atoms with Crippen LogP contribution in [0.4, 0.5) is 0 Å². The summed E-state index contributed by atoms with van der Waals surface area (Å²) < 4.78 is 68.2. The van der Waals surface area contributed by atoms with Crippen LogP contribution < -0.4 is 0 Å². The molecule has 0 aliphatic heterocycles. The molecule has 3 N–H and O–H groups in total. The SMILES string of the molecule is CCCCCCCCCCCCCCCCCCCCCCCC(=O)O[C@H](COC(=O)CCCCCCCCCCCCCCCCCC)COP(=O)(O)OC[C@@H](O)COP(=O)(O)OC[C@@H](COC(=O)CCCCCCC)OC(=O)CCCCCCCCCCCCC. The van der Waals surface area contributed by atoms with Crippen molar-refractivity contribution in [3.8, 4) is 0 Å². The first-order valence-corrected chi connectivity index (χ1v) is 41.8. The molecule has 0 aromatic heterocycles. The molecule has 0 saturated carbocycles. The molecule has 0 aromatic carbocycles. The lowest BCUT2D eigenvalue weighted by Gasteiger charge is -2.21. The first kappa shape index (κ1) is 91.1. The number of hydrogen-bond acceptors (Lipinski definition) is 15. The van der Waals surface area contributed by atoms with Crippen LogP contribution in [-0.2, 0) is 65.4 Å². The summed E-state index contributed by atoms with van der Waals surface area (Å²) in [6, 6.07) is 0. The summed E-state index contributed by atoms with van der Waals surface area (Å²) in [4.78, 5) is 72.4. The van der Waals surface area contributed by atoms with Gasteiger partial charge in [0.15, 0.2) is 12.2 Å². The Morgan fingerprint density at radius 3 is 0.634 bits per heavy atom. The Balaban J connectivity index is 5.11. The summed E-state index contributed by atoms with van der Waals surface area (Å²) in [5.74, 6) is -2.13. The van der Waals surface area contributed by atoms with Crippen LogP contribution >= 0.6 is 15.6 Å². The van der Waals surface area contributed by atoms with Crippen LogP contribution in [0.2, 0.25) is 0 Å². The highest BCUT2D eigenvalue weighted by Crippen LogP contribution is 2.45. The quantitative estimate of drug-likeness (QED) is 0.0222. The van der Waals surface area contributed by atoms with Gasteiger partial charge < -0.3 is 33.8 Å². The number of carbonyl (C=O) groups excluding carboxylic acids is 4. The van der Waals surface area contributed by atoms with Gasteiger partial charge >= 0.3 is 39.5 Å². The van der Waals surface area contributed by atoms with Gasteiger partial charge in [0.25, 0.3) is 0 Å². The monoisotopic (exact) mass is 1370 g/mol. The zero-order valence-electron chi connectivity index (χ0n) is 60.2. The fourth-order valence-corrected chi connectivity index (χ4v) is 13.0. The van der Waals surface area contributed by atoms with Crippen molar-refractivity contribution >= 4 is 39.5 Å². The number of ether oxygens (including phenoxy) is 4. The lowest BCUT2D eigenvalue weighted by molar-refractivity contribution is -0.161. The average molecular weight is 1370 g/mol. The maximum Gasteiger partial charge on any atom is 0.472 e. The predicted molar refractivity (Wildman–Crippen MR) is 377 cm³/mol. The van der Waals surface area contributed by atoms with Crippen LogP contribution in [0.5, 0.6) is 0 Å². The number of unbranched alkanes of at least 4 members (excludes halogenated alkanes) is 49. The molecule has 0 bridgehead atoms. The molecule has 552 valence electrons. The number of rotatable bonds is 75. The van der Waals surface area contributed by atoms with Gasteiger partial charge in [0.1, 0.15) is 19.3 Å². The van der Waals surface area contributed by atoms with Crippen molar-refractivity contribution in [2.45, 2.75) is 412 Å². The van der Waals surface area contributed by atoms with E-state index in [9.17, 15) is 43.2 Å². The van der Waals surface area contributed by atoms with Gasteiger partial charge in [-0.05, 0) is 25.7 Å². The van der Waals surface area contributed by atoms with E-state index in [1.807, 2.05) is 0 Å². The number of esters is 4. The summed E-state index contributed by atoms with van der Waals surface area (Å²) in [5, 5.41) is 10.6. The van der Waals surface area contributed by atoms with E-state index in [1.165, 1.54) is 218 Å². The summed E-state index contributed by atoms with van der Waals surface area (Å²) in [5.41, 5.74) is 0. The fourth-order valence-electron chi connectivity index (χ4n) is 11.4. The second kappa shape index (κ2) is 68.6. The van der Waals surface area contributed by atoms with E-state index >= 15 is 0 Å². The molecule has 0 aromatic rings. The van der Waals surface area contributed by atoms with Gasteiger partial charge in [-0.3, -0.25) is 37.3 Å². The van der Waals surface area contributed by atoms with Crippen molar-refractivity contribution in [2.75, 3.05) is 39.6 Å². The van der Waals surface area contributed by atoms with Crippen molar-refractivity contribution in [3.05, 3.63) is 0 Å². The van der Waals surface area contributed by atoms with Gasteiger partial charge in [-0.1, -0.05) is 342 Å². The maximum atomic E-state index is 13.1. The van der Waals surface area contributed by atoms with E-state index in [-0.39, 0.29) is 25.7 Å². The average Bonchev–Trinajstić information content (AvgIpc) is 2.84. The largest absolute Gasteiger partial charge is 0.472 e. The maximum absolute atomic E-state index is 13.1. The van der Waals surface area contributed by atoms with Crippen LogP contribution in [0.15, 0.2) is 0 Å². The van der Waals surface area contributed by atoms with Crippen LogP contribution in [0.3, 0.4) is 0 Å². The lowest BCUT2D eigenvalue weighted by atomic mass is 10.0. The highest BCUT2D eigenvalue weighted by atomic mass is 31.2. The van der Waals surface area contributed by atoms with Gasteiger partial charge in [-0.25, -0.2) is 9.13 Å². The van der Waals surface area contributed by atoms with Crippen LogP contribution in [-0.4, -0.2) is 96.7 Å². The van der Waals surface area contributed by atoms with E-state index in [1.54, 1.807) is 0 Å². The van der Waals surface area contributed by atoms with Crippen molar-refractivity contribution in [3.63, 3.8) is 0 Å². The number of phosphoric acid groups is 2. The van der Waals surface area contributed by atoms with E-state index in [0.717, 1.165) is 96.3 Å². The zero-order chi connectivity index (χ0) is 68.2. The van der Waals surface area contributed by atoms with Crippen LogP contribution in [0, 0.1) is 0 Å². The molecule has 0 saturated heterocycles. The van der Waals surface area contributed by atoms with Crippen molar-refractivity contribution < 1.29 is 80.2 Å². The first-order valence-electron chi connectivity index (χ1n) is 38.8. The third-order valence-corrected chi connectivity index (χ3v) is 19.3. The lowest BCUT2D eigenvalue weighted by Crippen LogP contribution is -2.30. The fraction of sp³-hybridized carbons (Fsp3) is 0.946. The molecule has 0 aliphatic carbocycles. The minimum absolute atomic E-state index is 0.107.